The highest BCUT2D eigenvalue weighted by atomic mass is 32.2. The predicted molar refractivity (Wildman–Crippen MR) is 94.7 cm³/mol. The van der Waals surface area contributed by atoms with Crippen LogP contribution >= 0.6 is 0 Å². The third-order valence-electron chi connectivity index (χ3n) is 3.53. The highest BCUT2D eigenvalue weighted by Crippen LogP contribution is 2.26. The number of aldehydes is 1. The van der Waals surface area contributed by atoms with E-state index in [0.717, 1.165) is 11.8 Å². The molecule has 1 heterocycles. The molecule has 3 rings (SSSR count). The van der Waals surface area contributed by atoms with Crippen molar-refractivity contribution < 1.29 is 17.9 Å². The van der Waals surface area contributed by atoms with Crippen molar-refractivity contribution in [2.75, 3.05) is 6.26 Å². The molecule has 3 aromatic rings. The molecule has 0 aliphatic rings. The van der Waals surface area contributed by atoms with E-state index in [1.165, 1.54) is 12.1 Å². The summed E-state index contributed by atoms with van der Waals surface area (Å²) < 4.78 is 28.6. The first kappa shape index (κ1) is 16.9. The van der Waals surface area contributed by atoms with Crippen LogP contribution in [0.15, 0.2) is 71.6 Å². The molecular weight excluding hydrogens is 338 g/mol. The summed E-state index contributed by atoms with van der Waals surface area (Å²) in [6.45, 7) is 0. The highest BCUT2D eigenvalue weighted by molar-refractivity contribution is 7.90. The number of pyridine rings is 1. The summed E-state index contributed by atoms with van der Waals surface area (Å²) in [5.41, 5.74) is 1.95. The molecule has 6 heteroatoms. The molecule has 0 saturated heterocycles. The Kier molecular flexibility index (Phi) is 4.63. The van der Waals surface area contributed by atoms with Crippen molar-refractivity contribution in [1.29, 1.82) is 0 Å². The number of carbonyl (C=O) groups is 1. The Bertz CT molecular complexity index is 994. The van der Waals surface area contributed by atoms with Gasteiger partial charge in [-0.2, -0.15) is 0 Å². The van der Waals surface area contributed by atoms with E-state index in [1.807, 2.05) is 18.2 Å². The normalized spacial score (nSPS) is 11.1. The molecule has 0 unspecified atom stereocenters. The average molecular weight is 353 g/mol. The van der Waals surface area contributed by atoms with Crippen LogP contribution < -0.4 is 4.74 Å². The van der Waals surface area contributed by atoms with Crippen LogP contribution in [0.4, 0.5) is 0 Å². The molecule has 0 radical (unpaired) electrons. The second kappa shape index (κ2) is 6.86. The van der Waals surface area contributed by atoms with Crippen molar-refractivity contribution >= 4 is 16.1 Å². The van der Waals surface area contributed by atoms with Crippen molar-refractivity contribution in [3.05, 3.63) is 72.4 Å². The topological polar surface area (TPSA) is 73.3 Å². The van der Waals surface area contributed by atoms with Crippen LogP contribution in [0, 0.1) is 0 Å². The SMILES string of the molecule is CS(=O)(=O)c1ccc(Oc2ccc(-c3cccc(C=O)n3)cc2)cc1. The molecule has 25 heavy (non-hydrogen) atoms. The average Bonchev–Trinajstić information content (AvgIpc) is 2.62. The minimum absolute atomic E-state index is 0.247. The summed E-state index contributed by atoms with van der Waals surface area (Å²) in [5, 5.41) is 0. The molecule has 0 spiro atoms. The van der Waals surface area contributed by atoms with Crippen LogP contribution in [0.2, 0.25) is 0 Å². The van der Waals surface area contributed by atoms with E-state index in [9.17, 15) is 13.2 Å². The Morgan fingerprint density at radius 1 is 0.880 bits per heavy atom. The number of benzene rings is 2. The van der Waals surface area contributed by atoms with E-state index in [2.05, 4.69) is 4.98 Å². The second-order valence-electron chi connectivity index (χ2n) is 5.44. The maximum absolute atomic E-state index is 11.5. The molecule has 0 amide bonds. The number of nitrogens with zero attached hydrogens (tertiary/aromatic N) is 1. The van der Waals surface area contributed by atoms with Gasteiger partial charge in [-0.15, -0.1) is 0 Å². The summed E-state index contributed by atoms with van der Waals surface area (Å²) in [7, 11) is -3.22. The first-order valence-corrected chi connectivity index (χ1v) is 9.35. The molecule has 0 aliphatic carbocycles. The number of sulfone groups is 1. The predicted octanol–water partition coefficient (Wildman–Crippen LogP) is 3.76. The third-order valence-corrected chi connectivity index (χ3v) is 4.66. The quantitative estimate of drug-likeness (QED) is 0.653. The van der Waals surface area contributed by atoms with Gasteiger partial charge in [0.05, 0.1) is 10.6 Å². The molecule has 0 N–H and O–H groups in total. The van der Waals surface area contributed by atoms with Crippen molar-refractivity contribution in [3.8, 4) is 22.8 Å². The van der Waals surface area contributed by atoms with Gasteiger partial charge in [0.1, 0.15) is 17.2 Å². The minimum Gasteiger partial charge on any atom is -0.457 e. The largest absolute Gasteiger partial charge is 0.457 e. The summed E-state index contributed by atoms with van der Waals surface area (Å²) in [4.78, 5) is 15.3. The number of carbonyl (C=O) groups excluding carboxylic acids is 1. The fourth-order valence-electron chi connectivity index (χ4n) is 2.26. The molecule has 0 fully saturated rings. The van der Waals surface area contributed by atoms with Crippen molar-refractivity contribution in [1.82, 2.24) is 4.98 Å². The van der Waals surface area contributed by atoms with E-state index < -0.39 is 9.84 Å². The number of ether oxygens (including phenoxy) is 1. The van der Waals surface area contributed by atoms with Gasteiger partial charge in [0.15, 0.2) is 16.1 Å². The molecule has 1 aromatic heterocycles. The number of hydrogen-bond acceptors (Lipinski definition) is 5. The maximum atomic E-state index is 11.5. The fourth-order valence-corrected chi connectivity index (χ4v) is 2.89. The first-order chi connectivity index (χ1) is 12.0. The van der Waals surface area contributed by atoms with Gasteiger partial charge in [0.25, 0.3) is 0 Å². The molecule has 5 nitrogen and oxygen atoms in total. The Morgan fingerprint density at radius 2 is 1.48 bits per heavy atom. The lowest BCUT2D eigenvalue weighted by Gasteiger charge is -2.07. The van der Waals surface area contributed by atoms with Gasteiger partial charge in [-0.05, 0) is 60.7 Å². The number of hydrogen-bond donors (Lipinski definition) is 0. The van der Waals surface area contributed by atoms with E-state index in [-0.39, 0.29) is 4.90 Å². The fraction of sp³-hybridized carbons (Fsp3) is 0.0526. The number of rotatable bonds is 5. The van der Waals surface area contributed by atoms with E-state index >= 15 is 0 Å². The van der Waals surface area contributed by atoms with Crippen LogP contribution in [-0.2, 0) is 9.84 Å². The van der Waals surface area contributed by atoms with Gasteiger partial charge in [0, 0.05) is 11.8 Å². The van der Waals surface area contributed by atoms with Gasteiger partial charge in [0.2, 0.25) is 0 Å². The van der Waals surface area contributed by atoms with Gasteiger partial charge in [-0.3, -0.25) is 4.79 Å². The lowest BCUT2D eigenvalue weighted by atomic mass is 10.1. The lowest BCUT2D eigenvalue weighted by molar-refractivity contribution is 0.111. The Labute approximate surface area is 145 Å². The molecule has 0 atom stereocenters. The maximum Gasteiger partial charge on any atom is 0.175 e. The Morgan fingerprint density at radius 3 is 2.04 bits per heavy atom. The van der Waals surface area contributed by atoms with Gasteiger partial charge >= 0.3 is 0 Å². The van der Waals surface area contributed by atoms with E-state index in [4.69, 9.17) is 4.74 Å². The van der Waals surface area contributed by atoms with Gasteiger partial charge in [-0.1, -0.05) is 6.07 Å². The summed E-state index contributed by atoms with van der Waals surface area (Å²) >= 11 is 0. The minimum atomic E-state index is -3.22. The van der Waals surface area contributed by atoms with Gasteiger partial charge in [-0.25, -0.2) is 13.4 Å². The zero-order chi connectivity index (χ0) is 17.9. The van der Waals surface area contributed by atoms with Gasteiger partial charge < -0.3 is 4.74 Å². The first-order valence-electron chi connectivity index (χ1n) is 7.46. The molecule has 2 aromatic carbocycles. The van der Waals surface area contributed by atoms with Crippen LogP contribution in [0.25, 0.3) is 11.3 Å². The van der Waals surface area contributed by atoms with Crippen LogP contribution in [0.1, 0.15) is 10.5 Å². The molecule has 126 valence electrons. The van der Waals surface area contributed by atoms with E-state index in [0.29, 0.717) is 29.2 Å². The summed E-state index contributed by atoms with van der Waals surface area (Å²) in [5.74, 6) is 1.16. The smallest absolute Gasteiger partial charge is 0.175 e. The van der Waals surface area contributed by atoms with E-state index in [1.54, 1.807) is 36.4 Å². The molecular formula is C19H15NO4S. The van der Waals surface area contributed by atoms with Crippen molar-refractivity contribution in [3.63, 3.8) is 0 Å². The summed E-state index contributed by atoms with van der Waals surface area (Å²) in [6, 6.07) is 18.7. The Balaban J connectivity index is 1.77. The van der Waals surface area contributed by atoms with Crippen LogP contribution in [0.5, 0.6) is 11.5 Å². The standard InChI is InChI=1S/C19H15NO4S/c1-25(22,23)18-11-9-17(10-12-18)24-16-7-5-14(6-8-16)19-4-2-3-15(13-21)20-19/h2-13H,1H3. The van der Waals surface area contributed by atoms with Crippen LogP contribution in [0.3, 0.4) is 0 Å². The Hall–Kier alpha value is -2.99. The zero-order valence-electron chi connectivity index (χ0n) is 13.4. The zero-order valence-corrected chi connectivity index (χ0v) is 14.2. The van der Waals surface area contributed by atoms with Crippen LogP contribution in [-0.4, -0.2) is 25.9 Å². The highest BCUT2D eigenvalue weighted by Gasteiger charge is 2.07. The molecule has 0 aliphatic heterocycles. The van der Waals surface area contributed by atoms with Crippen molar-refractivity contribution in [2.24, 2.45) is 0 Å². The monoisotopic (exact) mass is 353 g/mol. The lowest BCUT2D eigenvalue weighted by Crippen LogP contribution is -1.96. The number of aromatic nitrogens is 1. The summed E-state index contributed by atoms with van der Waals surface area (Å²) in [6.07, 6.45) is 1.87. The molecule has 0 bridgehead atoms. The second-order valence-corrected chi connectivity index (χ2v) is 7.45. The third kappa shape index (κ3) is 4.10. The molecule has 0 saturated carbocycles. The van der Waals surface area contributed by atoms with Crippen molar-refractivity contribution in [2.45, 2.75) is 4.90 Å².